The van der Waals surface area contributed by atoms with Crippen molar-refractivity contribution in [1.82, 2.24) is 0 Å². The van der Waals surface area contributed by atoms with Crippen LogP contribution in [0.5, 0.6) is 0 Å². The van der Waals surface area contributed by atoms with Gasteiger partial charge in [-0.15, -0.1) is 0 Å². The summed E-state index contributed by atoms with van der Waals surface area (Å²) >= 11 is 0. The highest BCUT2D eigenvalue weighted by Crippen LogP contribution is 2.19. The molecule has 1 atom stereocenters. The highest BCUT2D eigenvalue weighted by Gasteiger charge is 2.08. The molecule has 18 heavy (non-hydrogen) atoms. The Morgan fingerprint density at radius 3 is 2.33 bits per heavy atom. The van der Waals surface area contributed by atoms with E-state index in [4.69, 9.17) is 5.73 Å². The first-order valence-corrected chi connectivity index (χ1v) is 6.13. The van der Waals surface area contributed by atoms with E-state index in [9.17, 15) is 4.39 Å². The van der Waals surface area contributed by atoms with Gasteiger partial charge in [0.25, 0.3) is 0 Å². The molecule has 0 aliphatic rings. The van der Waals surface area contributed by atoms with E-state index in [2.05, 4.69) is 32.0 Å². The molecule has 2 aromatic rings. The van der Waals surface area contributed by atoms with Crippen molar-refractivity contribution in [2.45, 2.75) is 26.3 Å². The Kier molecular flexibility index (Phi) is 3.78. The molecule has 0 bridgehead atoms. The molecule has 94 valence electrons. The van der Waals surface area contributed by atoms with E-state index in [1.165, 1.54) is 17.2 Å². The number of aryl methyl sites for hydroxylation is 2. The zero-order valence-electron chi connectivity index (χ0n) is 10.8. The number of hydrogen-bond acceptors (Lipinski definition) is 1. The Balaban J connectivity index is 2.19. The molecule has 1 unspecified atom stereocenters. The van der Waals surface area contributed by atoms with E-state index in [1.54, 1.807) is 12.1 Å². The molecule has 0 radical (unpaired) electrons. The minimum absolute atomic E-state index is 0.0922. The van der Waals surface area contributed by atoms with Crippen LogP contribution in [0.4, 0.5) is 4.39 Å². The van der Waals surface area contributed by atoms with Crippen LogP contribution in [0.3, 0.4) is 0 Å². The second-order valence-corrected chi connectivity index (χ2v) is 4.86. The van der Waals surface area contributed by atoms with E-state index in [1.807, 2.05) is 6.07 Å². The van der Waals surface area contributed by atoms with Gasteiger partial charge in [-0.3, -0.25) is 0 Å². The molecule has 0 heterocycles. The smallest absolute Gasteiger partial charge is 0.123 e. The highest BCUT2D eigenvalue weighted by molar-refractivity contribution is 5.31. The van der Waals surface area contributed by atoms with E-state index in [0.29, 0.717) is 6.42 Å². The molecule has 2 heteroatoms. The van der Waals surface area contributed by atoms with E-state index in [-0.39, 0.29) is 11.9 Å². The first-order chi connectivity index (χ1) is 8.54. The summed E-state index contributed by atoms with van der Waals surface area (Å²) < 4.78 is 13.1. The average Bonchev–Trinajstić information content (AvgIpc) is 2.27. The van der Waals surface area contributed by atoms with Gasteiger partial charge in [-0.25, -0.2) is 4.39 Å². The zero-order chi connectivity index (χ0) is 13.1. The van der Waals surface area contributed by atoms with E-state index in [0.717, 1.165) is 11.1 Å². The van der Waals surface area contributed by atoms with E-state index < -0.39 is 0 Å². The van der Waals surface area contributed by atoms with Gasteiger partial charge in [-0.05, 0) is 43.5 Å². The van der Waals surface area contributed by atoms with Crippen molar-refractivity contribution in [3.05, 3.63) is 70.5 Å². The molecule has 1 nitrogen and oxygen atoms in total. The molecule has 0 fully saturated rings. The third-order valence-corrected chi connectivity index (χ3v) is 3.02. The van der Waals surface area contributed by atoms with Crippen LogP contribution in [-0.2, 0) is 6.42 Å². The SMILES string of the molecule is Cc1cc(C)cc(C(N)Cc2cccc(F)c2)c1. The van der Waals surface area contributed by atoms with Crippen LogP contribution in [0.15, 0.2) is 42.5 Å². The lowest BCUT2D eigenvalue weighted by molar-refractivity contribution is 0.622. The van der Waals surface area contributed by atoms with Crippen molar-refractivity contribution in [2.24, 2.45) is 5.73 Å². The lowest BCUT2D eigenvalue weighted by Crippen LogP contribution is -2.13. The predicted molar refractivity (Wildman–Crippen MR) is 72.9 cm³/mol. The van der Waals surface area contributed by atoms with Gasteiger partial charge >= 0.3 is 0 Å². The van der Waals surface area contributed by atoms with Crippen molar-refractivity contribution in [3.8, 4) is 0 Å². The van der Waals surface area contributed by atoms with Gasteiger partial charge in [0.15, 0.2) is 0 Å². The molecule has 0 amide bonds. The second-order valence-electron chi connectivity index (χ2n) is 4.86. The van der Waals surface area contributed by atoms with Gasteiger partial charge in [0.1, 0.15) is 5.82 Å². The maximum absolute atomic E-state index is 13.1. The molecule has 2 N–H and O–H groups in total. The molecular weight excluding hydrogens is 225 g/mol. The van der Waals surface area contributed by atoms with Gasteiger partial charge in [-0.1, -0.05) is 41.5 Å². The summed E-state index contributed by atoms with van der Waals surface area (Å²) in [7, 11) is 0. The second kappa shape index (κ2) is 5.32. The van der Waals surface area contributed by atoms with Crippen LogP contribution >= 0.6 is 0 Å². The minimum Gasteiger partial charge on any atom is -0.324 e. The van der Waals surface area contributed by atoms with Crippen LogP contribution in [0, 0.1) is 19.7 Å². The molecule has 2 aromatic carbocycles. The van der Waals surface area contributed by atoms with Crippen molar-refractivity contribution < 1.29 is 4.39 Å². The molecule has 0 spiro atoms. The van der Waals surface area contributed by atoms with Gasteiger partial charge in [0.05, 0.1) is 0 Å². The summed E-state index contributed by atoms with van der Waals surface area (Å²) in [6, 6.07) is 12.8. The maximum Gasteiger partial charge on any atom is 0.123 e. The van der Waals surface area contributed by atoms with Crippen LogP contribution in [-0.4, -0.2) is 0 Å². The molecule has 0 aliphatic heterocycles. The summed E-state index contributed by atoms with van der Waals surface area (Å²) in [5.74, 6) is -0.208. The fourth-order valence-corrected chi connectivity index (χ4v) is 2.26. The predicted octanol–water partition coefficient (Wildman–Crippen LogP) is 3.69. The van der Waals surface area contributed by atoms with Crippen LogP contribution in [0.25, 0.3) is 0 Å². The number of nitrogens with two attached hydrogens (primary N) is 1. The monoisotopic (exact) mass is 243 g/mol. The van der Waals surface area contributed by atoms with Crippen molar-refractivity contribution in [3.63, 3.8) is 0 Å². The summed E-state index contributed by atoms with van der Waals surface area (Å²) in [6.45, 7) is 4.12. The first kappa shape index (κ1) is 12.8. The normalized spacial score (nSPS) is 12.4. The minimum atomic E-state index is -0.208. The van der Waals surface area contributed by atoms with Crippen LogP contribution in [0.2, 0.25) is 0 Å². The van der Waals surface area contributed by atoms with Gasteiger partial charge in [-0.2, -0.15) is 0 Å². The summed E-state index contributed by atoms with van der Waals surface area (Å²) in [5.41, 5.74) is 10.6. The number of halogens is 1. The first-order valence-electron chi connectivity index (χ1n) is 6.13. The number of hydrogen-bond donors (Lipinski definition) is 1. The average molecular weight is 243 g/mol. The molecule has 0 saturated heterocycles. The fraction of sp³-hybridized carbons (Fsp3) is 0.250. The Morgan fingerprint density at radius 2 is 1.72 bits per heavy atom. The largest absolute Gasteiger partial charge is 0.324 e. The topological polar surface area (TPSA) is 26.0 Å². The quantitative estimate of drug-likeness (QED) is 0.874. The van der Waals surface area contributed by atoms with Gasteiger partial charge in [0, 0.05) is 6.04 Å². The molecule has 0 saturated carbocycles. The Hall–Kier alpha value is -1.67. The Labute approximate surface area is 107 Å². The highest BCUT2D eigenvalue weighted by atomic mass is 19.1. The zero-order valence-corrected chi connectivity index (χ0v) is 10.8. The summed E-state index contributed by atoms with van der Waals surface area (Å²) in [5, 5.41) is 0. The standard InChI is InChI=1S/C16H18FN/c1-11-6-12(2)8-14(7-11)16(18)10-13-4-3-5-15(17)9-13/h3-9,16H,10,18H2,1-2H3. The third kappa shape index (κ3) is 3.17. The lowest BCUT2D eigenvalue weighted by atomic mass is 9.97. The fourth-order valence-electron chi connectivity index (χ4n) is 2.26. The van der Waals surface area contributed by atoms with Crippen molar-refractivity contribution >= 4 is 0 Å². The Morgan fingerprint density at radius 1 is 1.06 bits per heavy atom. The van der Waals surface area contributed by atoms with Gasteiger partial charge in [0.2, 0.25) is 0 Å². The molecule has 2 rings (SSSR count). The molecular formula is C16H18FN. The van der Waals surface area contributed by atoms with Crippen molar-refractivity contribution in [2.75, 3.05) is 0 Å². The van der Waals surface area contributed by atoms with Crippen molar-refractivity contribution in [1.29, 1.82) is 0 Å². The van der Waals surface area contributed by atoms with Crippen LogP contribution < -0.4 is 5.73 Å². The number of rotatable bonds is 3. The molecule has 0 aliphatic carbocycles. The Bertz CT molecular complexity index is 528. The third-order valence-electron chi connectivity index (χ3n) is 3.02. The maximum atomic E-state index is 13.1. The summed E-state index contributed by atoms with van der Waals surface area (Å²) in [6.07, 6.45) is 0.653. The molecule has 0 aromatic heterocycles. The van der Waals surface area contributed by atoms with Crippen LogP contribution in [0.1, 0.15) is 28.3 Å². The van der Waals surface area contributed by atoms with E-state index >= 15 is 0 Å². The van der Waals surface area contributed by atoms with Gasteiger partial charge < -0.3 is 5.73 Å². The summed E-state index contributed by atoms with van der Waals surface area (Å²) in [4.78, 5) is 0. The lowest BCUT2D eigenvalue weighted by Gasteiger charge is -2.14. The number of benzene rings is 2.